The largest absolute Gasteiger partial charge is 0.322 e. The Morgan fingerprint density at radius 2 is 1.85 bits per heavy atom. The van der Waals surface area contributed by atoms with Gasteiger partial charge in [0.05, 0.1) is 15.1 Å². The van der Waals surface area contributed by atoms with E-state index in [1.165, 1.54) is 24.3 Å². The first-order valence-electron chi connectivity index (χ1n) is 8.69. The number of nitrogens with one attached hydrogen (secondary N) is 1. The summed E-state index contributed by atoms with van der Waals surface area (Å²) >= 11 is 0. The number of nitro benzene ring substituents is 1. The maximum atomic E-state index is 12.7. The zero-order chi connectivity index (χ0) is 19.6. The van der Waals surface area contributed by atoms with Crippen molar-refractivity contribution in [3.8, 4) is 0 Å². The Bertz CT molecular complexity index is 995. The second-order valence-electron chi connectivity index (χ2n) is 6.69. The molecule has 2 aromatic carbocycles. The standard InChI is InChI=1S/C19H20N2O5S/c1-13-11-14(9-10-18(13)21(23)24)19(22)20-15-5-4-8-17(12-15)27(25,26)16-6-2-3-7-16/h4-5,8-12,16H,2-3,6-7H2,1H3,(H,20,22). The van der Waals surface area contributed by atoms with Gasteiger partial charge in [0.15, 0.2) is 9.84 Å². The maximum Gasteiger partial charge on any atom is 0.272 e. The molecule has 1 aliphatic carbocycles. The fraction of sp³-hybridized carbons (Fsp3) is 0.316. The van der Waals surface area contributed by atoms with Gasteiger partial charge >= 0.3 is 0 Å². The van der Waals surface area contributed by atoms with Crippen molar-refractivity contribution in [2.75, 3.05) is 5.32 Å². The predicted octanol–water partition coefficient (Wildman–Crippen LogP) is 3.87. The molecule has 1 saturated carbocycles. The van der Waals surface area contributed by atoms with Crippen LogP contribution >= 0.6 is 0 Å². The molecule has 142 valence electrons. The van der Waals surface area contributed by atoms with Crippen molar-refractivity contribution in [3.05, 3.63) is 63.7 Å². The van der Waals surface area contributed by atoms with Crippen molar-refractivity contribution in [1.29, 1.82) is 0 Å². The van der Waals surface area contributed by atoms with Crippen LogP contribution in [-0.2, 0) is 9.84 Å². The first-order valence-corrected chi connectivity index (χ1v) is 10.2. The lowest BCUT2D eigenvalue weighted by Gasteiger charge is -2.13. The van der Waals surface area contributed by atoms with E-state index in [9.17, 15) is 23.3 Å². The van der Waals surface area contributed by atoms with Crippen LogP contribution in [0.5, 0.6) is 0 Å². The lowest BCUT2D eigenvalue weighted by molar-refractivity contribution is -0.385. The van der Waals surface area contributed by atoms with Gasteiger partial charge in [0, 0.05) is 22.9 Å². The number of nitro groups is 1. The molecular formula is C19H20N2O5S. The molecule has 1 fully saturated rings. The Labute approximate surface area is 157 Å². The zero-order valence-electron chi connectivity index (χ0n) is 14.8. The van der Waals surface area contributed by atoms with Crippen LogP contribution in [0, 0.1) is 17.0 Å². The number of carbonyl (C=O) groups is 1. The van der Waals surface area contributed by atoms with Crippen molar-refractivity contribution in [3.63, 3.8) is 0 Å². The molecule has 0 unspecified atom stereocenters. The molecule has 0 aliphatic heterocycles. The normalized spacial score (nSPS) is 14.9. The molecule has 7 nitrogen and oxygen atoms in total. The summed E-state index contributed by atoms with van der Waals surface area (Å²) in [6.45, 7) is 1.56. The van der Waals surface area contributed by atoms with Gasteiger partial charge in [0.2, 0.25) is 0 Å². The van der Waals surface area contributed by atoms with E-state index in [4.69, 9.17) is 0 Å². The fourth-order valence-electron chi connectivity index (χ4n) is 3.35. The van der Waals surface area contributed by atoms with Gasteiger partial charge in [0.1, 0.15) is 0 Å². The third kappa shape index (κ3) is 4.00. The Morgan fingerprint density at radius 3 is 2.48 bits per heavy atom. The number of amides is 1. The van der Waals surface area contributed by atoms with Crippen molar-refractivity contribution >= 4 is 27.1 Å². The quantitative estimate of drug-likeness (QED) is 0.618. The summed E-state index contributed by atoms with van der Waals surface area (Å²) in [5.41, 5.74) is 0.957. The van der Waals surface area contributed by atoms with E-state index in [2.05, 4.69) is 5.32 Å². The lowest BCUT2D eigenvalue weighted by atomic mass is 10.1. The van der Waals surface area contributed by atoms with E-state index in [1.807, 2.05) is 0 Å². The van der Waals surface area contributed by atoms with Crippen LogP contribution in [-0.4, -0.2) is 24.5 Å². The number of rotatable bonds is 5. The first-order chi connectivity index (χ1) is 12.8. The number of carbonyl (C=O) groups excluding carboxylic acids is 1. The van der Waals surface area contributed by atoms with Crippen LogP contribution < -0.4 is 5.32 Å². The highest BCUT2D eigenvalue weighted by Gasteiger charge is 2.30. The van der Waals surface area contributed by atoms with Crippen molar-refractivity contribution in [2.24, 2.45) is 0 Å². The second kappa shape index (κ2) is 7.48. The van der Waals surface area contributed by atoms with Gasteiger partial charge < -0.3 is 5.32 Å². The number of benzene rings is 2. The third-order valence-corrected chi connectivity index (χ3v) is 7.08. The molecule has 0 saturated heterocycles. The van der Waals surface area contributed by atoms with E-state index in [0.717, 1.165) is 12.8 Å². The summed E-state index contributed by atoms with van der Waals surface area (Å²) in [4.78, 5) is 23.0. The van der Waals surface area contributed by atoms with E-state index in [-0.39, 0.29) is 21.4 Å². The predicted molar refractivity (Wildman–Crippen MR) is 102 cm³/mol. The topological polar surface area (TPSA) is 106 Å². The van der Waals surface area contributed by atoms with Gasteiger partial charge in [-0.05, 0) is 50.1 Å². The zero-order valence-corrected chi connectivity index (χ0v) is 15.7. The molecule has 0 spiro atoms. The molecule has 0 heterocycles. The van der Waals surface area contributed by atoms with Gasteiger partial charge in [-0.25, -0.2) is 8.42 Å². The number of sulfone groups is 1. The van der Waals surface area contributed by atoms with Crippen molar-refractivity contribution in [2.45, 2.75) is 42.8 Å². The molecule has 3 rings (SSSR count). The van der Waals surface area contributed by atoms with E-state index in [1.54, 1.807) is 25.1 Å². The number of hydrogen-bond donors (Lipinski definition) is 1. The highest BCUT2D eigenvalue weighted by Crippen LogP contribution is 2.30. The van der Waals surface area contributed by atoms with E-state index in [0.29, 0.717) is 24.1 Å². The first kappa shape index (κ1) is 19.0. The number of anilines is 1. The van der Waals surface area contributed by atoms with Crippen LogP contribution in [0.3, 0.4) is 0 Å². The monoisotopic (exact) mass is 388 g/mol. The average Bonchev–Trinajstić information content (AvgIpc) is 3.17. The van der Waals surface area contributed by atoms with Gasteiger partial charge in [-0.15, -0.1) is 0 Å². The fourth-order valence-corrected chi connectivity index (χ4v) is 5.25. The highest BCUT2D eigenvalue weighted by atomic mass is 32.2. The summed E-state index contributed by atoms with van der Waals surface area (Å²) < 4.78 is 25.4. The molecule has 0 aromatic heterocycles. The van der Waals surface area contributed by atoms with Gasteiger partial charge in [-0.3, -0.25) is 14.9 Å². The molecule has 1 aliphatic rings. The molecule has 2 aromatic rings. The van der Waals surface area contributed by atoms with Gasteiger partial charge in [-0.1, -0.05) is 18.9 Å². The van der Waals surface area contributed by atoms with Crippen molar-refractivity contribution in [1.82, 2.24) is 0 Å². The highest BCUT2D eigenvalue weighted by molar-refractivity contribution is 7.92. The van der Waals surface area contributed by atoms with Crippen molar-refractivity contribution < 1.29 is 18.1 Å². The second-order valence-corrected chi connectivity index (χ2v) is 8.92. The maximum absolute atomic E-state index is 12.7. The molecule has 8 heteroatoms. The Hall–Kier alpha value is -2.74. The van der Waals surface area contributed by atoms with Crippen LogP contribution in [0.25, 0.3) is 0 Å². The van der Waals surface area contributed by atoms with Gasteiger partial charge in [0.25, 0.3) is 11.6 Å². The van der Waals surface area contributed by atoms with E-state index < -0.39 is 20.7 Å². The van der Waals surface area contributed by atoms with Crippen LogP contribution in [0.15, 0.2) is 47.4 Å². The summed E-state index contributed by atoms with van der Waals surface area (Å²) in [7, 11) is -3.41. The number of hydrogen-bond acceptors (Lipinski definition) is 5. The molecule has 0 radical (unpaired) electrons. The summed E-state index contributed by atoms with van der Waals surface area (Å²) in [6, 6.07) is 10.3. The molecular weight excluding hydrogens is 368 g/mol. The number of aryl methyl sites for hydroxylation is 1. The molecule has 0 atom stereocenters. The molecule has 1 amide bonds. The summed E-state index contributed by atoms with van der Waals surface area (Å²) in [5, 5.41) is 13.2. The van der Waals surface area contributed by atoms with Crippen LogP contribution in [0.1, 0.15) is 41.6 Å². The number of nitrogens with zero attached hydrogens (tertiary/aromatic N) is 1. The van der Waals surface area contributed by atoms with E-state index >= 15 is 0 Å². The van der Waals surface area contributed by atoms with Crippen LogP contribution in [0.2, 0.25) is 0 Å². The minimum atomic E-state index is -3.41. The smallest absolute Gasteiger partial charge is 0.272 e. The molecule has 27 heavy (non-hydrogen) atoms. The molecule has 1 N–H and O–H groups in total. The Morgan fingerprint density at radius 1 is 1.15 bits per heavy atom. The lowest BCUT2D eigenvalue weighted by Crippen LogP contribution is -2.18. The molecule has 0 bridgehead atoms. The third-order valence-electron chi connectivity index (χ3n) is 4.82. The minimum Gasteiger partial charge on any atom is -0.322 e. The Balaban J connectivity index is 1.81. The Kier molecular flexibility index (Phi) is 5.27. The van der Waals surface area contributed by atoms with Crippen LogP contribution in [0.4, 0.5) is 11.4 Å². The summed E-state index contributed by atoms with van der Waals surface area (Å²) in [5.74, 6) is -0.455. The minimum absolute atomic E-state index is 0.0591. The summed E-state index contributed by atoms with van der Waals surface area (Å²) in [6.07, 6.45) is 3.17. The average molecular weight is 388 g/mol. The van der Waals surface area contributed by atoms with Gasteiger partial charge in [-0.2, -0.15) is 0 Å². The SMILES string of the molecule is Cc1cc(C(=O)Nc2cccc(S(=O)(=O)C3CCCC3)c2)ccc1[N+](=O)[O-].